The fourth-order valence-electron chi connectivity index (χ4n) is 0.197. The SMILES string of the molecule is CC([CH]O)=CCO. The van der Waals surface area contributed by atoms with Gasteiger partial charge in [-0.05, 0) is 12.5 Å². The summed E-state index contributed by atoms with van der Waals surface area (Å²) in [6, 6.07) is 0. The minimum Gasteiger partial charge on any atom is -0.392 e. The van der Waals surface area contributed by atoms with Crippen molar-refractivity contribution in [3.8, 4) is 0 Å². The third-order valence-corrected chi connectivity index (χ3v) is 0.617. The Labute approximate surface area is 43.1 Å². The molecule has 1 radical (unpaired) electrons. The van der Waals surface area contributed by atoms with Crippen molar-refractivity contribution in [1.82, 2.24) is 0 Å². The van der Waals surface area contributed by atoms with Crippen LogP contribution in [0.2, 0.25) is 0 Å². The van der Waals surface area contributed by atoms with Crippen molar-refractivity contribution in [3.05, 3.63) is 18.3 Å². The molecule has 0 aromatic rings. The lowest BCUT2D eigenvalue weighted by atomic mass is 10.3. The van der Waals surface area contributed by atoms with Crippen LogP contribution in [0.3, 0.4) is 0 Å². The van der Waals surface area contributed by atoms with Crippen molar-refractivity contribution in [3.63, 3.8) is 0 Å². The molecule has 0 saturated heterocycles. The minimum atomic E-state index is -0.0110. The van der Waals surface area contributed by atoms with Crippen molar-refractivity contribution in [1.29, 1.82) is 0 Å². The molecule has 0 rings (SSSR count). The Kier molecular flexibility index (Phi) is 3.65. The highest BCUT2D eigenvalue weighted by molar-refractivity contribution is 5.04. The number of hydrogen-bond donors (Lipinski definition) is 2. The number of hydrogen-bond acceptors (Lipinski definition) is 2. The minimum absolute atomic E-state index is 0.0110. The Morgan fingerprint density at radius 3 is 2.43 bits per heavy atom. The van der Waals surface area contributed by atoms with E-state index in [1.807, 2.05) is 0 Å². The molecule has 0 amide bonds. The van der Waals surface area contributed by atoms with Crippen molar-refractivity contribution in [2.45, 2.75) is 6.92 Å². The van der Waals surface area contributed by atoms with Crippen LogP contribution in [0.15, 0.2) is 11.6 Å². The zero-order valence-corrected chi connectivity index (χ0v) is 4.26. The molecule has 0 heterocycles. The fourth-order valence-corrected chi connectivity index (χ4v) is 0.197. The smallest absolute Gasteiger partial charge is 0.105 e. The lowest BCUT2D eigenvalue weighted by Crippen LogP contribution is -1.79. The first kappa shape index (κ1) is 6.66. The van der Waals surface area contributed by atoms with E-state index in [2.05, 4.69) is 0 Å². The Hall–Kier alpha value is -0.340. The van der Waals surface area contributed by atoms with E-state index >= 15 is 0 Å². The van der Waals surface area contributed by atoms with E-state index in [1.54, 1.807) is 6.92 Å². The van der Waals surface area contributed by atoms with Crippen molar-refractivity contribution < 1.29 is 10.2 Å². The Morgan fingerprint density at radius 2 is 2.29 bits per heavy atom. The summed E-state index contributed by atoms with van der Waals surface area (Å²) in [5.41, 5.74) is 0.683. The second-order valence-corrected chi connectivity index (χ2v) is 1.26. The summed E-state index contributed by atoms with van der Waals surface area (Å²) in [5, 5.41) is 16.3. The van der Waals surface area contributed by atoms with Gasteiger partial charge in [-0.3, -0.25) is 0 Å². The molecular weight excluding hydrogens is 92.1 g/mol. The van der Waals surface area contributed by atoms with Gasteiger partial charge in [0.15, 0.2) is 0 Å². The van der Waals surface area contributed by atoms with E-state index in [-0.39, 0.29) is 6.61 Å². The second-order valence-electron chi connectivity index (χ2n) is 1.26. The highest BCUT2D eigenvalue weighted by Crippen LogP contribution is 1.90. The molecular formula is C5H9O2. The fraction of sp³-hybridized carbons (Fsp3) is 0.400. The van der Waals surface area contributed by atoms with Gasteiger partial charge in [-0.2, -0.15) is 0 Å². The van der Waals surface area contributed by atoms with Gasteiger partial charge >= 0.3 is 0 Å². The van der Waals surface area contributed by atoms with Crippen LogP contribution in [0.4, 0.5) is 0 Å². The van der Waals surface area contributed by atoms with Gasteiger partial charge in [-0.25, -0.2) is 0 Å². The summed E-state index contributed by atoms with van der Waals surface area (Å²) in [7, 11) is 0. The molecule has 0 aromatic heterocycles. The monoisotopic (exact) mass is 101 g/mol. The van der Waals surface area contributed by atoms with E-state index in [1.165, 1.54) is 6.08 Å². The molecule has 41 valence electrons. The molecule has 2 heteroatoms. The topological polar surface area (TPSA) is 40.5 Å². The molecule has 0 saturated carbocycles. The molecule has 2 nitrogen and oxygen atoms in total. The Balaban J connectivity index is 3.29. The zero-order chi connectivity index (χ0) is 5.70. The molecule has 0 unspecified atom stereocenters. The van der Waals surface area contributed by atoms with Crippen LogP contribution in [-0.4, -0.2) is 16.8 Å². The molecule has 0 aliphatic carbocycles. The van der Waals surface area contributed by atoms with Gasteiger partial charge in [0, 0.05) is 0 Å². The average molecular weight is 101 g/mol. The summed E-state index contributed by atoms with van der Waals surface area (Å²) in [6.07, 6.45) is 1.51. The van der Waals surface area contributed by atoms with Crippen LogP contribution < -0.4 is 0 Å². The predicted molar refractivity (Wildman–Crippen MR) is 27.1 cm³/mol. The summed E-state index contributed by atoms with van der Waals surface area (Å²) in [6.45, 7) is 2.65. The standard InChI is InChI=1S/C5H9O2/c1-5(4-7)2-3-6/h2,4,6-7H,3H2,1H3. The maximum atomic E-state index is 8.16. The summed E-state index contributed by atoms with van der Waals surface area (Å²) < 4.78 is 0. The first-order valence-electron chi connectivity index (χ1n) is 2.06. The van der Waals surface area contributed by atoms with Gasteiger partial charge in [-0.1, -0.05) is 6.08 Å². The first-order chi connectivity index (χ1) is 3.31. The number of aliphatic hydroxyl groups is 2. The van der Waals surface area contributed by atoms with E-state index < -0.39 is 0 Å². The van der Waals surface area contributed by atoms with Crippen LogP contribution in [0.1, 0.15) is 6.92 Å². The average Bonchev–Trinajstić information content (AvgIpc) is 1.68. The molecule has 0 aromatic carbocycles. The quantitative estimate of drug-likeness (QED) is 0.530. The third kappa shape index (κ3) is 3.49. The molecule has 2 N–H and O–H groups in total. The van der Waals surface area contributed by atoms with Crippen molar-refractivity contribution in [2.24, 2.45) is 0 Å². The normalized spacial score (nSPS) is 12.1. The molecule has 0 fully saturated rings. The van der Waals surface area contributed by atoms with Crippen LogP contribution in [-0.2, 0) is 0 Å². The second kappa shape index (κ2) is 3.84. The summed E-state index contributed by atoms with van der Waals surface area (Å²) in [4.78, 5) is 0. The van der Waals surface area contributed by atoms with E-state index in [9.17, 15) is 0 Å². The maximum Gasteiger partial charge on any atom is 0.105 e. The molecule has 7 heavy (non-hydrogen) atoms. The van der Waals surface area contributed by atoms with Gasteiger partial charge in [0.05, 0.1) is 6.61 Å². The summed E-state index contributed by atoms with van der Waals surface area (Å²) >= 11 is 0. The summed E-state index contributed by atoms with van der Waals surface area (Å²) in [5.74, 6) is 0. The van der Waals surface area contributed by atoms with E-state index in [0.717, 1.165) is 6.61 Å². The lowest BCUT2D eigenvalue weighted by Gasteiger charge is -1.86. The van der Waals surface area contributed by atoms with E-state index in [0.29, 0.717) is 5.57 Å². The van der Waals surface area contributed by atoms with Gasteiger partial charge in [0.2, 0.25) is 0 Å². The maximum absolute atomic E-state index is 8.16. The van der Waals surface area contributed by atoms with Gasteiger partial charge in [0.1, 0.15) is 6.61 Å². The van der Waals surface area contributed by atoms with Gasteiger partial charge in [0.25, 0.3) is 0 Å². The Bertz CT molecular complexity index is 66.5. The van der Waals surface area contributed by atoms with Crippen LogP contribution >= 0.6 is 0 Å². The Morgan fingerprint density at radius 1 is 1.71 bits per heavy atom. The molecule has 0 spiro atoms. The predicted octanol–water partition coefficient (Wildman–Crippen LogP) is 0.459. The van der Waals surface area contributed by atoms with Crippen molar-refractivity contribution >= 4 is 0 Å². The highest BCUT2D eigenvalue weighted by Gasteiger charge is 1.79. The lowest BCUT2D eigenvalue weighted by molar-refractivity contribution is 0.339. The number of rotatable bonds is 2. The molecule has 0 bridgehead atoms. The molecule has 0 aliphatic heterocycles. The van der Waals surface area contributed by atoms with Crippen LogP contribution in [0, 0.1) is 6.61 Å². The van der Waals surface area contributed by atoms with Gasteiger partial charge in [-0.15, -0.1) is 0 Å². The van der Waals surface area contributed by atoms with Gasteiger partial charge < -0.3 is 10.2 Å². The third-order valence-electron chi connectivity index (χ3n) is 0.617. The zero-order valence-electron chi connectivity index (χ0n) is 4.26. The first-order valence-corrected chi connectivity index (χ1v) is 2.06. The largest absolute Gasteiger partial charge is 0.392 e. The number of aliphatic hydroxyl groups excluding tert-OH is 2. The highest BCUT2D eigenvalue weighted by atomic mass is 16.3. The van der Waals surface area contributed by atoms with Crippen molar-refractivity contribution in [2.75, 3.05) is 6.61 Å². The van der Waals surface area contributed by atoms with E-state index in [4.69, 9.17) is 10.2 Å². The molecule has 0 atom stereocenters. The van der Waals surface area contributed by atoms with Crippen LogP contribution in [0.25, 0.3) is 0 Å². The van der Waals surface area contributed by atoms with Crippen LogP contribution in [0.5, 0.6) is 0 Å². The molecule has 0 aliphatic rings.